The van der Waals surface area contributed by atoms with Crippen LogP contribution >= 0.6 is 0 Å². The molecule has 0 bridgehead atoms. The summed E-state index contributed by atoms with van der Waals surface area (Å²) in [5.41, 5.74) is -1.71. The summed E-state index contributed by atoms with van der Waals surface area (Å²) < 4.78 is 37.3. The van der Waals surface area contributed by atoms with Crippen molar-refractivity contribution in [3.63, 3.8) is 0 Å². The second-order valence-corrected chi connectivity index (χ2v) is 2.69. The van der Waals surface area contributed by atoms with Crippen molar-refractivity contribution in [2.24, 2.45) is 0 Å². The quantitative estimate of drug-likeness (QED) is 0.811. The summed E-state index contributed by atoms with van der Waals surface area (Å²) in [5, 5.41) is 17.5. The van der Waals surface area contributed by atoms with Crippen molar-refractivity contribution in [1.29, 1.82) is 0 Å². The van der Waals surface area contributed by atoms with Gasteiger partial charge in [-0.3, -0.25) is 4.79 Å². The van der Waals surface area contributed by atoms with Crippen LogP contribution in [0, 0.1) is 5.82 Å². The van der Waals surface area contributed by atoms with E-state index in [0.717, 1.165) is 0 Å². The summed E-state index contributed by atoms with van der Waals surface area (Å²) in [6, 6.07) is 0. The third kappa shape index (κ3) is 2.36. The molecule has 1 aromatic heterocycles. The number of halogens is 3. The standard InChI is InChI=1S/C8H6F3NO3/c9-4-2-12-6(8(10)11)7(15)3(4)1-5(13)14/h2,8,15H,1H2,(H,13,14). The molecule has 0 aromatic carbocycles. The van der Waals surface area contributed by atoms with E-state index in [1.165, 1.54) is 0 Å². The minimum Gasteiger partial charge on any atom is -0.505 e. The van der Waals surface area contributed by atoms with Crippen molar-refractivity contribution >= 4 is 5.97 Å². The van der Waals surface area contributed by atoms with Crippen molar-refractivity contribution in [2.45, 2.75) is 12.8 Å². The normalized spacial score (nSPS) is 10.7. The lowest BCUT2D eigenvalue weighted by molar-refractivity contribution is -0.136. The van der Waals surface area contributed by atoms with Gasteiger partial charge in [-0.25, -0.2) is 18.2 Å². The number of nitrogens with zero attached hydrogens (tertiary/aromatic N) is 1. The van der Waals surface area contributed by atoms with Crippen LogP contribution in [0.1, 0.15) is 17.7 Å². The van der Waals surface area contributed by atoms with E-state index >= 15 is 0 Å². The highest BCUT2D eigenvalue weighted by molar-refractivity contribution is 5.71. The molecule has 0 saturated heterocycles. The Morgan fingerprint density at radius 1 is 1.53 bits per heavy atom. The molecule has 1 rings (SSSR count). The largest absolute Gasteiger partial charge is 0.505 e. The molecule has 0 atom stereocenters. The molecule has 1 heterocycles. The molecule has 0 aliphatic carbocycles. The van der Waals surface area contributed by atoms with Gasteiger partial charge < -0.3 is 10.2 Å². The average Bonchev–Trinajstić information content (AvgIpc) is 2.11. The molecule has 0 aliphatic rings. The number of carboxylic acid groups (broad SMARTS) is 1. The van der Waals surface area contributed by atoms with Gasteiger partial charge in [0.05, 0.1) is 12.6 Å². The molecule has 0 spiro atoms. The fraction of sp³-hybridized carbons (Fsp3) is 0.250. The molecule has 1 aromatic rings. The minimum absolute atomic E-state index is 0.458. The number of hydrogen-bond acceptors (Lipinski definition) is 3. The van der Waals surface area contributed by atoms with Gasteiger partial charge in [-0.05, 0) is 0 Å². The summed E-state index contributed by atoms with van der Waals surface area (Å²) >= 11 is 0. The lowest BCUT2D eigenvalue weighted by Gasteiger charge is -2.07. The third-order valence-corrected chi connectivity index (χ3v) is 1.67. The maximum Gasteiger partial charge on any atom is 0.308 e. The molecule has 82 valence electrons. The highest BCUT2D eigenvalue weighted by atomic mass is 19.3. The van der Waals surface area contributed by atoms with Crippen molar-refractivity contribution in [3.8, 4) is 5.75 Å². The summed E-state index contributed by atoms with van der Waals surface area (Å²) in [7, 11) is 0. The fourth-order valence-corrected chi connectivity index (χ4v) is 1.01. The van der Waals surface area contributed by atoms with E-state index in [1.807, 2.05) is 0 Å². The van der Waals surface area contributed by atoms with Crippen molar-refractivity contribution in [2.75, 3.05) is 0 Å². The van der Waals surface area contributed by atoms with E-state index in [9.17, 15) is 18.0 Å². The number of aromatic nitrogens is 1. The topological polar surface area (TPSA) is 70.4 Å². The van der Waals surface area contributed by atoms with Gasteiger partial charge in [-0.2, -0.15) is 0 Å². The Labute approximate surface area is 82.0 Å². The monoisotopic (exact) mass is 221 g/mol. The number of hydrogen-bond donors (Lipinski definition) is 2. The number of aliphatic carboxylic acids is 1. The van der Waals surface area contributed by atoms with E-state index in [-0.39, 0.29) is 0 Å². The summed E-state index contributed by atoms with van der Waals surface area (Å²) in [5.74, 6) is -3.66. The van der Waals surface area contributed by atoms with Gasteiger partial charge in [0.1, 0.15) is 17.3 Å². The molecule has 7 heteroatoms. The lowest BCUT2D eigenvalue weighted by atomic mass is 10.1. The highest BCUT2D eigenvalue weighted by Gasteiger charge is 2.21. The van der Waals surface area contributed by atoms with Gasteiger partial charge in [0.2, 0.25) is 0 Å². The fourth-order valence-electron chi connectivity index (χ4n) is 1.01. The number of carboxylic acids is 1. The Morgan fingerprint density at radius 3 is 2.60 bits per heavy atom. The van der Waals surface area contributed by atoms with Gasteiger partial charge in [0.25, 0.3) is 6.43 Å². The van der Waals surface area contributed by atoms with Crippen LogP contribution in [-0.2, 0) is 11.2 Å². The predicted molar refractivity (Wildman–Crippen MR) is 42.2 cm³/mol. The molecule has 4 nitrogen and oxygen atoms in total. The molecule has 2 N–H and O–H groups in total. The zero-order valence-corrected chi connectivity index (χ0v) is 7.25. The van der Waals surface area contributed by atoms with Gasteiger partial charge in [-0.15, -0.1) is 0 Å². The van der Waals surface area contributed by atoms with Crippen LogP contribution in [0.2, 0.25) is 0 Å². The molecule has 0 saturated carbocycles. The zero-order chi connectivity index (χ0) is 11.6. The number of alkyl halides is 2. The zero-order valence-electron chi connectivity index (χ0n) is 7.25. The first-order valence-corrected chi connectivity index (χ1v) is 3.79. The summed E-state index contributed by atoms with van der Waals surface area (Å²) in [6.07, 6.45) is -3.50. The first-order valence-electron chi connectivity index (χ1n) is 3.79. The number of rotatable bonds is 3. The predicted octanol–water partition coefficient (Wildman–Crippen LogP) is 1.49. The Kier molecular flexibility index (Phi) is 3.13. The number of carbonyl (C=O) groups is 1. The Hall–Kier alpha value is -1.79. The van der Waals surface area contributed by atoms with Gasteiger partial charge in [-0.1, -0.05) is 0 Å². The second kappa shape index (κ2) is 4.16. The average molecular weight is 221 g/mol. The SMILES string of the molecule is O=C(O)Cc1c(F)cnc(C(F)F)c1O. The van der Waals surface area contributed by atoms with Gasteiger partial charge >= 0.3 is 5.97 Å². The second-order valence-electron chi connectivity index (χ2n) is 2.69. The van der Waals surface area contributed by atoms with Gasteiger partial charge in [0.15, 0.2) is 0 Å². The summed E-state index contributed by atoms with van der Waals surface area (Å²) in [4.78, 5) is 13.2. The number of aromatic hydroxyl groups is 1. The van der Waals surface area contributed by atoms with E-state index < -0.39 is 41.6 Å². The van der Waals surface area contributed by atoms with Crippen LogP contribution in [0.4, 0.5) is 13.2 Å². The summed E-state index contributed by atoms with van der Waals surface area (Å²) in [6.45, 7) is 0. The third-order valence-electron chi connectivity index (χ3n) is 1.67. The van der Waals surface area contributed by atoms with Crippen LogP contribution in [0.5, 0.6) is 5.75 Å². The van der Waals surface area contributed by atoms with Crippen molar-refractivity contribution < 1.29 is 28.2 Å². The maximum absolute atomic E-state index is 12.9. The van der Waals surface area contributed by atoms with Crippen LogP contribution in [0.3, 0.4) is 0 Å². The van der Waals surface area contributed by atoms with Gasteiger partial charge in [0, 0.05) is 5.56 Å². The van der Waals surface area contributed by atoms with E-state index in [1.54, 1.807) is 0 Å². The van der Waals surface area contributed by atoms with E-state index in [4.69, 9.17) is 10.2 Å². The smallest absolute Gasteiger partial charge is 0.308 e. The molecule has 0 fully saturated rings. The molecule has 0 aliphatic heterocycles. The Morgan fingerprint density at radius 2 is 2.13 bits per heavy atom. The minimum atomic E-state index is -3.09. The van der Waals surface area contributed by atoms with Crippen LogP contribution in [0.15, 0.2) is 6.20 Å². The highest BCUT2D eigenvalue weighted by Crippen LogP contribution is 2.30. The molecule has 0 unspecified atom stereocenters. The van der Waals surface area contributed by atoms with Crippen LogP contribution < -0.4 is 0 Å². The van der Waals surface area contributed by atoms with Crippen molar-refractivity contribution in [3.05, 3.63) is 23.3 Å². The molecule has 15 heavy (non-hydrogen) atoms. The first-order chi connectivity index (χ1) is 6.93. The Bertz CT molecular complexity index is 395. The Balaban J connectivity index is 3.23. The molecular formula is C8H6F3NO3. The maximum atomic E-state index is 12.9. The van der Waals surface area contributed by atoms with Crippen LogP contribution in [0.25, 0.3) is 0 Å². The molecule has 0 radical (unpaired) electrons. The van der Waals surface area contributed by atoms with E-state index in [0.29, 0.717) is 6.20 Å². The number of pyridine rings is 1. The molecule has 0 amide bonds. The van der Waals surface area contributed by atoms with Crippen LogP contribution in [-0.4, -0.2) is 21.2 Å². The lowest BCUT2D eigenvalue weighted by Crippen LogP contribution is -2.05. The first kappa shape index (κ1) is 11.3. The van der Waals surface area contributed by atoms with Crippen molar-refractivity contribution in [1.82, 2.24) is 4.98 Å². The molecular weight excluding hydrogens is 215 g/mol. The van der Waals surface area contributed by atoms with E-state index in [2.05, 4.69) is 4.98 Å².